The zero-order valence-electron chi connectivity index (χ0n) is 19.3. The maximum absolute atomic E-state index is 13.2. The van der Waals surface area contributed by atoms with Crippen LogP contribution in [-0.2, 0) is 24.2 Å². The van der Waals surface area contributed by atoms with E-state index in [1.54, 1.807) is 7.05 Å². The number of aromatic nitrogens is 2. The highest BCUT2D eigenvalue weighted by atomic mass is 35.5. The quantitative estimate of drug-likeness (QED) is 0.478. The number of aryl methyl sites for hydroxylation is 3. The lowest BCUT2D eigenvalue weighted by Crippen LogP contribution is -2.45. The molecule has 1 aliphatic rings. The number of carbonyl (C=O) groups excluding carboxylic acids is 1. The number of nitrogens with zero attached hydrogens (tertiary/aromatic N) is 3. The minimum atomic E-state index is -0.368. The third-order valence-corrected chi connectivity index (χ3v) is 7.29. The summed E-state index contributed by atoms with van der Waals surface area (Å²) in [5.74, 6) is 0.00437. The second-order valence-electron chi connectivity index (χ2n) is 8.48. The Balaban J connectivity index is 1.74. The Morgan fingerprint density at radius 3 is 2.61 bits per heavy atom. The van der Waals surface area contributed by atoms with Gasteiger partial charge in [0.1, 0.15) is 6.04 Å². The molecule has 0 radical (unpaired) electrons. The van der Waals surface area contributed by atoms with Crippen molar-refractivity contribution in [2.45, 2.75) is 51.7 Å². The Bertz CT molecular complexity index is 1130. The number of likely N-dealkylation sites (N-methyl/N-ethyl adjacent to an activating group) is 1. The highest BCUT2D eigenvalue weighted by Gasteiger charge is 2.39. The number of carbonyl (C=O) groups is 1. The molecule has 2 unspecified atom stereocenters. The lowest BCUT2D eigenvalue weighted by atomic mass is 9.88. The normalized spacial score (nSPS) is 16.9. The largest absolute Gasteiger partial charge is 0.358 e. The van der Waals surface area contributed by atoms with E-state index in [4.69, 9.17) is 28.3 Å². The molecule has 0 saturated heterocycles. The Morgan fingerprint density at radius 1 is 1.18 bits per heavy atom. The molecule has 3 aromatic rings. The van der Waals surface area contributed by atoms with Gasteiger partial charge in [-0.15, -0.1) is 0 Å². The van der Waals surface area contributed by atoms with E-state index in [1.165, 1.54) is 11.3 Å². The predicted octanol–water partition coefficient (Wildman–Crippen LogP) is 5.54. The lowest BCUT2D eigenvalue weighted by molar-refractivity contribution is -0.127. The van der Waals surface area contributed by atoms with Gasteiger partial charge >= 0.3 is 0 Å². The molecule has 4 rings (SSSR count). The maximum Gasteiger partial charge on any atom is 0.241 e. The van der Waals surface area contributed by atoms with Crippen molar-refractivity contribution < 1.29 is 4.79 Å². The van der Waals surface area contributed by atoms with Crippen molar-refractivity contribution >= 4 is 29.1 Å². The van der Waals surface area contributed by atoms with E-state index in [9.17, 15) is 4.79 Å². The first-order valence-corrected chi connectivity index (χ1v) is 12.2. The fraction of sp³-hybridized carbons (Fsp3) is 0.385. The number of amides is 1. The molecule has 2 atom stereocenters. The first kappa shape index (κ1) is 23.8. The van der Waals surface area contributed by atoms with E-state index in [0.717, 1.165) is 49.2 Å². The average molecular weight is 485 g/mol. The summed E-state index contributed by atoms with van der Waals surface area (Å²) < 4.78 is 2.12. The van der Waals surface area contributed by atoms with E-state index in [2.05, 4.69) is 28.7 Å². The van der Waals surface area contributed by atoms with Gasteiger partial charge in [-0.2, -0.15) is 5.10 Å². The van der Waals surface area contributed by atoms with Crippen LogP contribution in [0.3, 0.4) is 0 Å². The second-order valence-corrected chi connectivity index (χ2v) is 9.29. The van der Waals surface area contributed by atoms with Crippen LogP contribution < -0.4 is 5.32 Å². The van der Waals surface area contributed by atoms with Gasteiger partial charge in [0.2, 0.25) is 5.91 Å². The lowest BCUT2D eigenvalue weighted by Gasteiger charge is -2.41. The summed E-state index contributed by atoms with van der Waals surface area (Å²) in [7, 11) is 1.71. The molecule has 1 aliphatic heterocycles. The molecule has 1 amide bonds. The van der Waals surface area contributed by atoms with Crippen LogP contribution in [0.5, 0.6) is 0 Å². The van der Waals surface area contributed by atoms with E-state index >= 15 is 0 Å². The number of benzene rings is 2. The molecule has 5 nitrogen and oxygen atoms in total. The SMILES string of the molecule is CCn1nc(C)c2c1CCN(C(C(=O)NC)c1ccccc1)C2CCc1ccc(Cl)c(Cl)c1. The number of fused-ring (bicyclic) bond motifs is 1. The molecule has 7 heteroatoms. The molecule has 0 aliphatic carbocycles. The Hall–Kier alpha value is -2.34. The first-order valence-electron chi connectivity index (χ1n) is 11.5. The van der Waals surface area contributed by atoms with E-state index in [0.29, 0.717) is 10.0 Å². The molecule has 2 heterocycles. The maximum atomic E-state index is 13.2. The predicted molar refractivity (Wildman–Crippen MR) is 134 cm³/mol. The van der Waals surface area contributed by atoms with Crippen molar-refractivity contribution in [3.63, 3.8) is 0 Å². The van der Waals surface area contributed by atoms with Gasteiger partial charge in [0.25, 0.3) is 0 Å². The van der Waals surface area contributed by atoms with Gasteiger partial charge in [-0.1, -0.05) is 59.6 Å². The standard InChI is InChI=1S/C26H30Cl2N4O/c1-4-32-23-14-15-31(25(26(33)29-3)19-8-6-5-7-9-19)22(24(23)17(2)30-32)13-11-18-10-12-20(27)21(28)16-18/h5-10,12,16,22,25H,4,11,13-15H2,1-3H3,(H,29,33). The van der Waals surface area contributed by atoms with Crippen molar-refractivity contribution in [1.29, 1.82) is 0 Å². The van der Waals surface area contributed by atoms with E-state index in [-0.39, 0.29) is 18.0 Å². The number of halogens is 2. The Morgan fingerprint density at radius 2 is 1.94 bits per heavy atom. The molecule has 1 aromatic heterocycles. The molecule has 1 N–H and O–H groups in total. The minimum Gasteiger partial charge on any atom is -0.358 e. The van der Waals surface area contributed by atoms with Gasteiger partial charge in [0, 0.05) is 43.9 Å². The average Bonchev–Trinajstić information content (AvgIpc) is 3.16. The van der Waals surface area contributed by atoms with Crippen LogP contribution in [-0.4, -0.2) is 34.2 Å². The fourth-order valence-corrected chi connectivity index (χ4v) is 5.36. The second kappa shape index (κ2) is 10.3. The summed E-state index contributed by atoms with van der Waals surface area (Å²) in [5, 5.41) is 8.84. The summed E-state index contributed by atoms with van der Waals surface area (Å²) in [6, 6.07) is 15.5. The summed E-state index contributed by atoms with van der Waals surface area (Å²) in [6.07, 6.45) is 2.54. The fourth-order valence-electron chi connectivity index (χ4n) is 5.04. The van der Waals surface area contributed by atoms with Gasteiger partial charge in [-0.3, -0.25) is 14.4 Å². The summed E-state index contributed by atoms with van der Waals surface area (Å²) in [5.41, 5.74) is 5.72. The zero-order valence-corrected chi connectivity index (χ0v) is 20.8. The molecular weight excluding hydrogens is 455 g/mol. The number of hydrogen-bond donors (Lipinski definition) is 1. The molecular formula is C26H30Cl2N4O. The molecule has 33 heavy (non-hydrogen) atoms. The number of nitrogens with one attached hydrogen (secondary N) is 1. The van der Waals surface area contributed by atoms with Crippen molar-refractivity contribution in [2.24, 2.45) is 0 Å². The van der Waals surface area contributed by atoms with Crippen LogP contribution in [0.15, 0.2) is 48.5 Å². The van der Waals surface area contributed by atoms with Crippen LogP contribution in [0.2, 0.25) is 10.0 Å². The Kier molecular flexibility index (Phi) is 7.42. The molecule has 0 fully saturated rings. The summed E-state index contributed by atoms with van der Waals surface area (Å²) >= 11 is 12.4. The van der Waals surface area contributed by atoms with Crippen LogP contribution in [0.4, 0.5) is 0 Å². The van der Waals surface area contributed by atoms with Crippen molar-refractivity contribution in [3.05, 3.63) is 86.7 Å². The van der Waals surface area contributed by atoms with Crippen molar-refractivity contribution in [2.75, 3.05) is 13.6 Å². The summed E-state index contributed by atoms with van der Waals surface area (Å²) in [4.78, 5) is 15.5. The number of rotatable bonds is 7. The minimum absolute atomic E-state index is 0.00437. The highest BCUT2D eigenvalue weighted by molar-refractivity contribution is 6.42. The molecule has 0 bridgehead atoms. The van der Waals surface area contributed by atoms with E-state index < -0.39 is 0 Å². The van der Waals surface area contributed by atoms with Gasteiger partial charge in [-0.05, 0) is 49.9 Å². The van der Waals surface area contributed by atoms with Crippen LogP contribution >= 0.6 is 23.2 Å². The molecule has 0 spiro atoms. The molecule has 174 valence electrons. The zero-order chi connectivity index (χ0) is 23.5. The third-order valence-electron chi connectivity index (χ3n) is 6.56. The monoisotopic (exact) mass is 484 g/mol. The number of hydrogen-bond acceptors (Lipinski definition) is 3. The van der Waals surface area contributed by atoms with Gasteiger partial charge < -0.3 is 5.32 Å². The van der Waals surface area contributed by atoms with Crippen LogP contribution in [0, 0.1) is 6.92 Å². The van der Waals surface area contributed by atoms with Crippen molar-refractivity contribution in [1.82, 2.24) is 20.0 Å². The summed E-state index contributed by atoms with van der Waals surface area (Å²) in [6.45, 7) is 5.84. The highest BCUT2D eigenvalue weighted by Crippen LogP contribution is 2.41. The van der Waals surface area contributed by atoms with Crippen molar-refractivity contribution in [3.8, 4) is 0 Å². The topological polar surface area (TPSA) is 50.2 Å². The first-order chi connectivity index (χ1) is 15.9. The Labute approximate surface area is 205 Å². The van der Waals surface area contributed by atoms with Crippen LogP contribution in [0.25, 0.3) is 0 Å². The van der Waals surface area contributed by atoms with Gasteiger partial charge in [0.05, 0.1) is 15.7 Å². The smallest absolute Gasteiger partial charge is 0.241 e. The molecule has 2 aromatic carbocycles. The van der Waals surface area contributed by atoms with Gasteiger partial charge in [0.15, 0.2) is 0 Å². The van der Waals surface area contributed by atoms with Crippen LogP contribution in [0.1, 0.15) is 53.5 Å². The molecule has 0 saturated carbocycles. The third kappa shape index (κ3) is 4.81. The van der Waals surface area contributed by atoms with E-state index in [1.807, 2.05) is 48.5 Å². The van der Waals surface area contributed by atoms with Gasteiger partial charge in [-0.25, -0.2) is 0 Å².